The summed E-state index contributed by atoms with van der Waals surface area (Å²) in [7, 11) is 0. The van der Waals surface area contributed by atoms with Gasteiger partial charge in [-0.3, -0.25) is 17.3 Å². The topological polar surface area (TPSA) is 66.4 Å². The third-order valence-electron chi connectivity index (χ3n) is 4.80. The number of anilines is 2. The number of aromatic nitrogens is 1. The lowest BCUT2D eigenvalue weighted by Crippen LogP contribution is -2.42. The van der Waals surface area contributed by atoms with Gasteiger partial charge in [0.25, 0.3) is 0 Å². The van der Waals surface area contributed by atoms with Crippen molar-refractivity contribution in [2.24, 2.45) is 0 Å². The van der Waals surface area contributed by atoms with E-state index in [0.717, 1.165) is 41.9 Å². The van der Waals surface area contributed by atoms with E-state index in [1.54, 1.807) is 4.57 Å². The third-order valence-corrected chi connectivity index (χ3v) is 7.37. The number of nitrogens with one attached hydrogen (secondary N) is 2. The van der Waals surface area contributed by atoms with Crippen LogP contribution in [-0.2, 0) is 24.2 Å². The normalized spacial score (nSPS) is 18.0. The number of amides is 1. The molecule has 6 nitrogen and oxygen atoms in total. The van der Waals surface area contributed by atoms with Gasteiger partial charge >= 0.3 is 4.87 Å². The number of hydrogen-bond acceptors (Lipinski definition) is 5. The molecule has 1 aromatic carbocycles. The molecule has 0 radical (unpaired) electrons. The van der Waals surface area contributed by atoms with Gasteiger partial charge in [-0.25, -0.2) is 4.39 Å². The second kappa shape index (κ2) is 7.59. The molecule has 0 spiro atoms. The van der Waals surface area contributed by atoms with Gasteiger partial charge in [0.1, 0.15) is 18.5 Å². The van der Waals surface area contributed by atoms with Crippen LogP contribution in [0.15, 0.2) is 16.9 Å². The highest BCUT2D eigenvalue weighted by Crippen LogP contribution is 2.39. The van der Waals surface area contributed by atoms with Crippen molar-refractivity contribution in [3.05, 3.63) is 43.2 Å². The largest absolute Gasteiger partial charge is 0.361 e. The minimum atomic E-state index is -0.481. The SMILES string of the molecule is O=C(Cn1c2c(sc1=O)CCCC2)NCC1Nc2cc(Cl)c(F)cc2N1I. The van der Waals surface area contributed by atoms with Crippen LogP contribution in [0.3, 0.4) is 0 Å². The van der Waals surface area contributed by atoms with E-state index in [4.69, 9.17) is 11.6 Å². The number of nitrogens with zero attached hydrogens (tertiary/aromatic N) is 2. The zero-order valence-corrected chi connectivity index (χ0v) is 18.0. The first-order chi connectivity index (χ1) is 12.9. The first-order valence-electron chi connectivity index (χ1n) is 8.62. The maximum atomic E-state index is 13.7. The molecule has 4 rings (SSSR count). The van der Waals surface area contributed by atoms with Gasteiger partial charge in [0.15, 0.2) is 0 Å². The number of fused-ring (bicyclic) bond motifs is 2. The standard InChI is InChI=1S/C17H17ClFIN4O2S/c18-9-5-11-13(6-10(9)19)24(20)15(22-11)7-21-16(25)8-23-12-3-1-2-4-14(12)27-17(23)26/h5-6,15,22H,1-4,7-8H2,(H,21,25). The smallest absolute Gasteiger partial charge is 0.308 e. The van der Waals surface area contributed by atoms with Gasteiger partial charge in [0.05, 0.1) is 45.8 Å². The van der Waals surface area contributed by atoms with E-state index in [0.29, 0.717) is 12.2 Å². The summed E-state index contributed by atoms with van der Waals surface area (Å²) in [6.45, 7) is 0.350. The molecule has 1 aliphatic heterocycles. The Morgan fingerprint density at radius 1 is 1.41 bits per heavy atom. The van der Waals surface area contributed by atoms with E-state index in [2.05, 4.69) is 33.5 Å². The average molecular weight is 523 g/mol. The van der Waals surface area contributed by atoms with Crippen LogP contribution in [0.5, 0.6) is 0 Å². The molecule has 1 amide bonds. The lowest BCUT2D eigenvalue weighted by molar-refractivity contribution is -0.121. The summed E-state index contributed by atoms with van der Waals surface area (Å²) in [5.41, 5.74) is 2.41. The molecule has 0 bridgehead atoms. The number of hydrogen-bond donors (Lipinski definition) is 2. The third kappa shape index (κ3) is 3.68. The molecule has 0 fully saturated rings. The summed E-state index contributed by atoms with van der Waals surface area (Å²) in [5.74, 6) is -0.694. The van der Waals surface area contributed by atoms with Crippen LogP contribution >= 0.6 is 45.8 Å². The highest BCUT2D eigenvalue weighted by atomic mass is 127. The lowest BCUT2D eigenvalue weighted by Gasteiger charge is -2.20. The summed E-state index contributed by atoms with van der Waals surface area (Å²) in [6.07, 6.45) is 3.71. The molecule has 1 unspecified atom stereocenters. The number of rotatable bonds is 4. The summed E-state index contributed by atoms with van der Waals surface area (Å²) in [6, 6.07) is 2.91. The maximum Gasteiger partial charge on any atom is 0.308 e. The van der Waals surface area contributed by atoms with Gasteiger partial charge in [-0.2, -0.15) is 0 Å². The predicted molar refractivity (Wildman–Crippen MR) is 114 cm³/mol. The van der Waals surface area contributed by atoms with Crippen LogP contribution in [-0.4, -0.2) is 23.2 Å². The zero-order valence-electron chi connectivity index (χ0n) is 14.2. The summed E-state index contributed by atoms with van der Waals surface area (Å²) < 4.78 is 17.1. The Morgan fingerprint density at radius 2 is 2.19 bits per heavy atom. The average Bonchev–Trinajstić information content (AvgIpc) is 3.11. The van der Waals surface area contributed by atoms with Crippen LogP contribution in [0, 0.1) is 5.82 Å². The Labute approximate surface area is 178 Å². The van der Waals surface area contributed by atoms with Crippen LogP contribution < -0.4 is 18.6 Å². The molecule has 2 heterocycles. The second-order valence-corrected chi connectivity index (χ2v) is 9.08. The molecule has 2 aromatic rings. The van der Waals surface area contributed by atoms with E-state index in [9.17, 15) is 14.0 Å². The molecule has 2 aliphatic rings. The monoisotopic (exact) mass is 522 g/mol. The Balaban J connectivity index is 1.39. The van der Waals surface area contributed by atoms with Crippen molar-refractivity contribution in [1.82, 2.24) is 9.88 Å². The van der Waals surface area contributed by atoms with Gasteiger partial charge < -0.3 is 10.6 Å². The molecule has 1 aliphatic carbocycles. The van der Waals surface area contributed by atoms with Gasteiger partial charge in [0, 0.05) is 16.6 Å². The van der Waals surface area contributed by atoms with Gasteiger partial charge in [-0.15, -0.1) is 0 Å². The van der Waals surface area contributed by atoms with E-state index >= 15 is 0 Å². The van der Waals surface area contributed by atoms with E-state index in [1.165, 1.54) is 23.5 Å². The first-order valence-corrected chi connectivity index (χ1v) is 10.8. The fourth-order valence-electron chi connectivity index (χ4n) is 3.46. The number of aryl methyl sites for hydroxylation is 1. The molecule has 144 valence electrons. The van der Waals surface area contributed by atoms with Crippen LogP contribution in [0.2, 0.25) is 5.02 Å². The molecule has 2 N–H and O–H groups in total. The van der Waals surface area contributed by atoms with Crippen molar-refractivity contribution in [3.63, 3.8) is 0 Å². The first kappa shape index (κ1) is 19.0. The highest BCUT2D eigenvalue weighted by molar-refractivity contribution is 14.1. The van der Waals surface area contributed by atoms with Crippen molar-refractivity contribution in [3.8, 4) is 0 Å². The number of benzene rings is 1. The molecule has 1 atom stereocenters. The minimum absolute atomic E-state index is 0.0338. The Bertz CT molecular complexity index is 963. The van der Waals surface area contributed by atoms with Gasteiger partial charge in [-0.1, -0.05) is 22.9 Å². The van der Waals surface area contributed by atoms with Crippen LogP contribution in [0.4, 0.5) is 15.8 Å². The van der Waals surface area contributed by atoms with Crippen LogP contribution in [0.1, 0.15) is 23.4 Å². The lowest BCUT2D eigenvalue weighted by atomic mass is 10.0. The highest BCUT2D eigenvalue weighted by Gasteiger charge is 2.29. The molecule has 27 heavy (non-hydrogen) atoms. The number of carbonyl (C=O) groups is 1. The molecular formula is C17H17ClFIN4O2S. The predicted octanol–water partition coefficient (Wildman–Crippen LogP) is 3.31. The van der Waals surface area contributed by atoms with Crippen LogP contribution in [0.25, 0.3) is 0 Å². The Hall–Kier alpha value is -1.33. The fraction of sp³-hybridized carbons (Fsp3) is 0.412. The molecule has 0 saturated carbocycles. The summed E-state index contributed by atoms with van der Waals surface area (Å²) in [4.78, 5) is 25.6. The molecular weight excluding hydrogens is 506 g/mol. The van der Waals surface area contributed by atoms with Gasteiger partial charge in [-0.05, 0) is 31.7 Å². The van der Waals surface area contributed by atoms with E-state index in [-0.39, 0.29) is 28.5 Å². The summed E-state index contributed by atoms with van der Waals surface area (Å²) >= 11 is 9.16. The summed E-state index contributed by atoms with van der Waals surface area (Å²) in [5, 5.41) is 6.13. The number of halogens is 3. The molecule has 1 aromatic heterocycles. The van der Waals surface area contributed by atoms with Crippen molar-refractivity contribution in [2.75, 3.05) is 15.0 Å². The van der Waals surface area contributed by atoms with Crippen molar-refractivity contribution < 1.29 is 9.18 Å². The Kier molecular flexibility index (Phi) is 5.34. The Morgan fingerprint density at radius 3 is 3.00 bits per heavy atom. The maximum absolute atomic E-state index is 13.7. The second-order valence-electron chi connectivity index (χ2n) is 6.59. The van der Waals surface area contributed by atoms with E-state index in [1.807, 2.05) is 3.11 Å². The van der Waals surface area contributed by atoms with Crippen molar-refractivity contribution >= 4 is 63.1 Å². The van der Waals surface area contributed by atoms with Gasteiger partial charge in [0.2, 0.25) is 5.91 Å². The van der Waals surface area contributed by atoms with Crippen molar-refractivity contribution in [2.45, 2.75) is 38.4 Å². The van der Waals surface area contributed by atoms with E-state index < -0.39 is 5.82 Å². The quantitative estimate of drug-likeness (QED) is 0.478. The zero-order chi connectivity index (χ0) is 19.1. The molecule has 10 heteroatoms. The molecule has 0 saturated heterocycles. The van der Waals surface area contributed by atoms with Crippen molar-refractivity contribution in [1.29, 1.82) is 0 Å². The number of carbonyl (C=O) groups excluding carboxylic acids is 1. The minimum Gasteiger partial charge on any atom is -0.361 e. The number of thiazole rings is 1. The fourth-order valence-corrected chi connectivity index (χ4v) is 5.43.